The van der Waals surface area contributed by atoms with Crippen LogP contribution in [-0.4, -0.2) is 45.1 Å². The van der Waals surface area contributed by atoms with E-state index in [0.717, 1.165) is 51.1 Å². The largest absolute Gasteiger partial charge is 0.338 e. The van der Waals surface area contributed by atoms with Crippen molar-refractivity contribution in [3.8, 4) is 0 Å². The van der Waals surface area contributed by atoms with Crippen LogP contribution in [0.15, 0.2) is 23.1 Å². The van der Waals surface area contributed by atoms with Gasteiger partial charge in [0.2, 0.25) is 5.91 Å². The number of hydrogen-bond acceptors (Lipinski definition) is 4. The molecule has 2 aliphatic rings. The Bertz CT molecular complexity index is 775. The summed E-state index contributed by atoms with van der Waals surface area (Å²) in [6.45, 7) is 2.98. The molecule has 27 heavy (non-hydrogen) atoms. The fourth-order valence-corrected chi connectivity index (χ4v) is 4.78. The fourth-order valence-electron chi connectivity index (χ4n) is 4.15. The molecule has 1 amide bonds. The Morgan fingerprint density at radius 2 is 1.93 bits per heavy atom. The van der Waals surface area contributed by atoms with Crippen LogP contribution in [0.3, 0.4) is 0 Å². The molecule has 0 aliphatic carbocycles. The van der Waals surface area contributed by atoms with Gasteiger partial charge in [-0.1, -0.05) is 6.07 Å². The number of halogens is 1. The number of benzene rings is 1. The van der Waals surface area contributed by atoms with Crippen LogP contribution in [0.5, 0.6) is 0 Å². The number of sulfone groups is 1. The van der Waals surface area contributed by atoms with E-state index in [2.05, 4.69) is 5.32 Å². The van der Waals surface area contributed by atoms with Crippen LogP contribution in [0.4, 0.5) is 4.39 Å². The van der Waals surface area contributed by atoms with Gasteiger partial charge in [0.05, 0.1) is 4.90 Å². The first kappa shape index (κ1) is 20.3. The van der Waals surface area contributed by atoms with Crippen molar-refractivity contribution in [3.63, 3.8) is 0 Å². The zero-order chi connectivity index (χ0) is 19.4. The molecule has 7 heteroatoms. The first-order valence-corrected chi connectivity index (χ1v) is 11.7. The van der Waals surface area contributed by atoms with Crippen LogP contribution in [0.25, 0.3) is 0 Å². The lowest BCUT2D eigenvalue weighted by Crippen LogP contribution is -2.41. The molecule has 5 nitrogen and oxygen atoms in total. The Kier molecular flexibility index (Phi) is 6.52. The number of rotatable bonds is 6. The van der Waals surface area contributed by atoms with Gasteiger partial charge in [-0.15, -0.1) is 0 Å². The van der Waals surface area contributed by atoms with Gasteiger partial charge >= 0.3 is 0 Å². The molecule has 3 rings (SSSR count). The van der Waals surface area contributed by atoms with Gasteiger partial charge in [0.15, 0.2) is 9.84 Å². The molecule has 2 heterocycles. The second kappa shape index (κ2) is 8.69. The minimum absolute atomic E-state index is 0.0337. The van der Waals surface area contributed by atoms with E-state index in [9.17, 15) is 17.6 Å². The predicted octanol–water partition coefficient (Wildman–Crippen LogP) is 2.75. The van der Waals surface area contributed by atoms with E-state index in [4.69, 9.17) is 0 Å². The summed E-state index contributed by atoms with van der Waals surface area (Å²) in [4.78, 5) is 14.5. The van der Waals surface area contributed by atoms with E-state index in [1.165, 1.54) is 25.0 Å². The number of likely N-dealkylation sites (tertiary alicyclic amines) is 1. The maximum atomic E-state index is 14.3. The van der Waals surface area contributed by atoms with Crippen molar-refractivity contribution in [2.75, 3.05) is 25.9 Å². The number of carbonyl (C=O) groups excluding carboxylic acids is 1. The van der Waals surface area contributed by atoms with Crippen molar-refractivity contribution in [2.45, 2.75) is 50.0 Å². The van der Waals surface area contributed by atoms with Crippen molar-refractivity contribution in [2.24, 2.45) is 11.8 Å². The van der Waals surface area contributed by atoms with Crippen LogP contribution in [-0.2, 0) is 21.2 Å². The summed E-state index contributed by atoms with van der Waals surface area (Å²) in [5.74, 6) is 0.284. The minimum atomic E-state index is -3.44. The molecule has 1 aromatic carbocycles. The van der Waals surface area contributed by atoms with Crippen LogP contribution in [0.1, 0.15) is 44.1 Å². The smallest absolute Gasteiger partial charge is 0.225 e. The average molecular weight is 397 g/mol. The van der Waals surface area contributed by atoms with Crippen molar-refractivity contribution in [1.29, 1.82) is 0 Å². The molecule has 2 aliphatic heterocycles. The van der Waals surface area contributed by atoms with Crippen molar-refractivity contribution in [3.05, 3.63) is 29.6 Å². The van der Waals surface area contributed by atoms with Crippen molar-refractivity contribution >= 4 is 15.7 Å². The molecular formula is C20H29FN2O3S. The predicted molar refractivity (Wildman–Crippen MR) is 102 cm³/mol. The molecule has 1 unspecified atom stereocenters. The standard InChI is InChI=1S/C20H29FN2O3S/c1-27(25,26)18-7-6-17(19(21)13-18)14-23-12-2-3-16(20(23)24)5-4-15-8-10-22-11-9-15/h6-7,13,15-16,22H,2-5,8-12,14H2,1H3. The molecule has 2 saturated heterocycles. The van der Waals surface area contributed by atoms with Crippen molar-refractivity contribution < 1.29 is 17.6 Å². The lowest BCUT2D eigenvalue weighted by molar-refractivity contribution is -0.139. The zero-order valence-corrected chi connectivity index (χ0v) is 16.7. The van der Waals surface area contributed by atoms with Gasteiger partial charge in [-0.25, -0.2) is 12.8 Å². The lowest BCUT2D eigenvalue weighted by atomic mass is 9.85. The maximum absolute atomic E-state index is 14.3. The fraction of sp³-hybridized carbons (Fsp3) is 0.650. The van der Waals surface area contributed by atoms with Gasteiger partial charge in [0, 0.05) is 30.8 Å². The summed E-state index contributed by atoms with van der Waals surface area (Å²) in [6.07, 6.45) is 7.27. The van der Waals surface area contributed by atoms with E-state index >= 15 is 0 Å². The zero-order valence-electron chi connectivity index (χ0n) is 15.9. The molecule has 150 valence electrons. The summed E-state index contributed by atoms with van der Waals surface area (Å²) in [5.41, 5.74) is 0.370. The lowest BCUT2D eigenvalue weighted by Gasteiger charge is -2.33. The Labute approximate surface area is 161 Å². The molecule has 1 aromatic rings. The first-order chi connectivity index (χ1) is 12.8. The molecule has 1 atom stereocenters. The van der Waals surface area contributed by atoms with E-state index in [-0.39, 0.29) is 23.3 Å². The van der Waals surface area contributed by atoms with Crippen LogP contribution in [0.2, 0.25) is 0 Å². The molecule has 0 aromatic heterocycles. The number of amides is 1. The highest BCUT2D eigenvalue weighted by Gasteiger charge is 2.30. The van der Waals surface area contributed by atoms with Gasteiger partial charge in [-0.05, 0) is 69.7 Å². The van der Waals surface area contributed by atoms with Crippen LogP contribution >= 0.6 is 0 Å². The Morgan fingerprint density at radius 1 is 1.19 bits per heavy atom. The van der Waals surface area contributed by atoms with Gasteiger partial charge < -0.3 is 10.2 Å². The third-order valence-electron chi connectivity index (χ3n) is 5.84. The third-order valence-corrected chi connectivity index (χ3v) is 6.95. The van der Waals surface area contributed by atoms with Crippen LogP contribution in [0, 0.1) is 17.7 Å². The van der Waals surface area contributed by atoms with Gasteiger partial charge in [0.1, 0.15) is 5.82 Å². The molecule has 2 fully saturated rings. The van der Waals surface area contributed by atoms with E-state index in [1.807, 2.05) is 0 Å². The SMILES string of the molecule is CS(=O)(=O)c1ccc(CN2CCCC(CCC3CCNCC3)C2=O)c(F)c1. The topological polar surface area (TPSA) is 66.5 Å². The highest BCUT2D eigenvalue weighted by atomic mass is 32.2. The molecular weight excluding hydrogens is 367 g/mol. The second-order valence-electron chi connectivity index (χ2n) is 7.90. The quantitative estimate of drug-likeness (QED) is 0.803. The highest BCUT2D eigenvalue weighted by molar-refractivity contribution is 7.90. The molecule has 0 radical (unpaired) electrons. The Hall–Kier alpha value is -1.47. The van der Waals surface area contributed by atoms with Crippen molar-refractivity contribution in [1.82, 2.24) is 10.2 Å². The summed E-state index contributed by atoms with van der Waals surface area (Å²) < 4.78 is 37.4. The maximum Gasteiger partial charge on any atom is 0.225 e. The number of nitrogens with one attached hydrogen (secondary N) is 1. The first-order valence-electron chi connectivity index (χ1n) is 9.82. The number of nitrogens with zero attached hydrogens (tertiary/aromatic N) is 1. The summed E-state index contributed by atoms with van der Waals surface area (Å²) in [7, 11) is -3.44. The third kappa shape index (κ3) is 5.29. The normalized spacial score (nSPS) is 22.2. The Balaban J connectivity index is 1.60. The van der Waals surface area contributed by atoms with Gasteiger partial charge in [0.25, 0.3) is 0 Å². The number of carbonyl (C=O) groups is 1. The monoisotopic (exact) mass is 396 g/mol. The van der Waals surface area contributed by atoms with E-state index in [1.54, 1.807) is 4.90 Å². The summed E-state index contributed by atoms with van der Waals surface area (Å²) >= 11 is 0. The molecule has 0 spiro atoms. The van der Waals surface area contributed by atoms with Crippen LogP contribution < -0.4 is 5.32 Å². The molecule has 0 saturated carbocycles. The number of hydrogen-bond donors (Lipinski definition) is 1. The second-order valence-corrected chi connectivity index (χ2v) is 9.91. The van der Waals surface area contributed by atoms with E-state index in [0.29, 0.717) is 18.0 Å². The Morgan fingerprint density at radius 3 is 2.59 bits per heavy atom. The minimum Gasteiger partial charge on any atom is -0.338 e. The highest BCUT2D eigenvalue weighted by Crippen LogP contribution is 2.28. The summed E-state index contributed by atoms with van der Waals surface area (Å²) in [6, 6.07) is 3.95. The van der Waals surface area contributed by atoms with E-state index < -0.39 is 15.7 Å². The summed E-state index contributed by atoms with van der Waals surface area (Å²) in [5, 5.41) is 3.37. The van der Waals surface area contributed by atoms with Gasteiger partial charge in [-0.3, -0.25) is 4.79 Å². The molecule has 0 bridgehead atoms. The molecule has 1 N–H and O–H groups in total. The average Bonchev–Trinajstić information content (AvgIpc) is 2.64. The van der Waals surface area contributed by atoms with Gasteiger partial charge in [-0.2, -0.15) is 0 Å². The number of piperidine rings is 2.